The molecule has 3 aromatic rings. The van der Waals surface area contributed by atoms with E-state index in [0.29, 0.717) is 11.4 Å². The Morgan fingerprint density at radius 2 is 2.03 bits per heavy atom. The molecule has 0 saturated heterocycles. The molecule has 1 unspecified atom stereocenters. The number of nitrogens with two attached hydrogens (primary N) is 1. The van der Waals surface area contributed by atoms with Crippen molar-refractivity contribution in [1.29, 1.82) is 0 Å². The fourth-order valence-corrected chi connectivity index (χ4v) is 3.69. The summed E-state index contributed by atoms with van der Waals surface area (Å²) >= 11 is 1.49. The minimum absolute atomic E-state index is 0.0130. The van der Waals surface area contributed by atoms with E-state index in [2.05, 4.69) is 34.3 Å². The minimum atomic E-state index is -0.157. The van der Waals surface area contributed by atoms with Crippen LogP contribution in [0.1, 0.15) is 47.4 Å². The molecule has 1 aromatic carbocycles. The second-order valence-corrected chi connectivity index (χ2v) is 7.87. The van der Waals surface area contributed by atoms with Crippen LogP contribution < -0.4 is 11.1 Å². The number of hydrogen-bond acceptors (Lipinski definition) is 6. The van der Waals surface area contributed by atoms with E-state index in [4.69, 9.17) is 5.73 Å². The normalized spacial score (nSPS) is 11.8. The molecular formula is C22H27N5OS. The molecule has 0 aliphatic heterocycles. The molecule has 2 heterocycles. The number of aromatic nitrogens is 2. The highest BCUT2D eigenvalue weighted by atomic mass is 32.1. The predicted octanol–water partition coefficient (Wildman–Crippen LogP) is 4.40. The highest BCUT2D eigenvalue weighted by Crippen LogP contribution is 2.24. The maximum absolute atomic E-state index is 12.4. The van der Waals surface area contributed by atoms with Crippen molar-refractivity contribution in [1.82, 2.24) is 14.9 Å². The van der Waals surface area contributed by atoms with Crippen molar-refractivity contribution in [2.24, 2.45) is 5.73 Å². The van der Waals surface area contributed by atoms with Gasteiger partial charge in [-0.25, -0.2) is 9.97 Å². The summed E-state index contributed by atoms with van der Waals surface area (Å²) in [5.74, 6) is 0.635. The standard InChI is InChI=1S/C22H27N5OS/c1-3-4-12-27(2)21(28)17-10-11-20(24-14-17)26-22-25-19(15-29-22)18(23)13-16-8-6-5-7-9-16/h5-11,14-15,18H,3-4,12-13,23H2,1-2H3,(H,24,25,26). The average Bonchev–Trinajstić information content (AvgIpc) is 3.21. The lowest BCUT2D eigenvalue weighted by Gasteiger charge is -2.16. The molecule has 3 rings (SSSR count). The van der Waals surface area contributed by atoms with Crippen molar-refractivity contribution in [2.75, 3.05) is 18.9 Å². The number of benzene rings is 1. The van der Waals surface area contributed by atoms with E-state index in [0.717, 1.165) is 36.6 Å². The number of unbranched alkanes of at least 4 members (excludes halogenated alkanes) is 1. The topological polar surface area (TPSA) is 84.1 Å². The Labute approximate surface area is 175 Å². The van der Waals surface area contributed by atoms with Crippen LogP contribution in [0, 0.1) is 0 Å². The van der Waals surface area contributed by atoms with Crippen molar-refractivity contribution < 1.29 is 4.79 Å². The van der Waals surface area contributed by atoms with Crippen LogP contribution in [-0.4, -0.2) is 34.4 Å². The van der Waals surface area contributed by atoms with Crippen molar-refractivity contribution in [3.05, 3.63) is 70.9 Å². The van der Waals surface area contributed by atoms with Gasteiger partial charge in [0, 0.05) is 25.2 Å². The lowest BCUT2D eigenvalue weighted by Crippen LogP contribution is -2.27. The van der Waals surface area contributed by atoms with Gasteiger partial charge in [-0.2, -0.15) is 0 Å². The van der Waals surface area contributed by atoms with Gasteiger partial charge >= 0.3 is 0 Å². The number of carbonyl (C=O) groups excluding carboxylic acids is 1. The molecule has 0 spiro atoms. The third kappa shape index (κ3) is 5.85. The summed E-state index contributed by atoms with van der Waals surface area (Å²) in [7, 11) is 1.82. The van der Waals surface area contributed by atoms with Gasteiger partial charge in [-0.1, -0.05) is 43.7 Å². The molecule has 0 fully saturated rings. The first-order valence-corrected chi connectivity index (χ1v) is 10.7. The van der Waals surface area contributed by atoms with E-state index in [1.807, 2.05) is 30.6 Å². The molecular weight excluding hydrogens is 382 g/mol. The van der Waals surface area contributed by atoms with E-state index in [1.165, 1.54) is 16.9 Å². The SMILES string of the molecule is CCCCN(C)C(=O)c1ccc(Nc2nc(C(N)Cc3ccccc3)cs2)nc1. The van der Waals surface area contributed by atoms with Crippen molar-refractivity contribution in [2.45, 2.75) is 32.2 Å². The Hall–Kier alpha value is -2.77. The van der Waals surface area contributed by atoms with Crippen LogP contribution in [-0.2, 0) is 6.42 Å². The first-order chi connectivity index (χ1) is 14.1. The number of nitrogens with one attached hydrogen (secondary N) is 1. The van der Waals surface area contributed by atoms with Crippen LogP contribution in [0.5, 0.6) is 0 Å². The molecule has 1 atom stereocenters. The van der Waals surface area contributed by atoms with E-state index in [1.54, 1.807) is 23.2 Å². The molecule has 7 heteroatoms. The fourth-order valence-electron chi connectivity index (χ4n) is 2.91. The van der Waals surface area contributed by atoms with Crippen LogP contribution in [0.3, 0.4) is 0 Å². The van der Waals surface area contributed by atoms with Crippen LogP contribution in [0.15, 0.2) is 54.0 Å². The minimum Gasteiger partial charge on any atom is -0.342 e. The number of nitrogens with zero attached hydrogens (tertiary/aromatic N) is 3. The fraction of sp³-hybridized carbons (Fsp3) is 0.318. The molecule has 0 bridgehead atoms. The maximum Gasteiger partial charge on any atom is 0.255 e. The van der Waals surface area contributed by atoms with Gasteiger partial charge in [0.1, 0.15) is 5.82 Å². The van der Waals surface area contributed by atoms with Gasteiger partial charge in [-0.05, 0) is 30.5 Å². The first-order valence-electron chi connectivity index (χ1n) is 9.80. The Morgan fingerprint density at radius 1 is 1.24 bits per heavy atom. The Balaban J connectivity index is 1.59. The third-order valence-electron chi connectivity index (χ3n) is 4.64. The molecule has 6 nitrogen and oxygen atoms in total. The smallest absolute Gasteiger partial charge is 0.255 e. The van der Waals surface area contributed by atoms with Crippen molar-refractivity contribution >= 4 is 28.2 Å². The summed E-state index contributed by atoms with van der Waals surface area (Å²) in [6.07, 6.45) is 4.39. The summed E-state index contributed by atoms with van der Waals surface area (Å²) in [6, 6.07) is 13.6. The second kappa shape index (κ2) is 10.1. The Kier molecular flexibility index (Phi) is 7.32. The number of rotatable bonds is 9. The van der Waals surface area contributed by atoms with Gasteiger partial charge in [0.15, 0.2) is 5.13 Å². The van der Waals surface area contributed by atoms with E-state index in [9.17, 15) is 4.79 Å². The zero-order chi connectivity index (χ0) is 20.6. The summed E-state index contributed by atoms with van der Waals surface area (Å²) in [6.45, 7) is 2.86. The number of anilines is 2. The molecule has 0 saturated carbocycles. The van der Waals surface area contributed by atoms with Gasteiger partial charge in [-0.3, -0.25) is 4.79 Å². The van der Waals surface area contributed by atoms with Crippen LogP contribution in [0.25, 0.3) is 0 Å². The molecule has 3 N–H and O–H groups in total. The maximum atomic E-state index is 12.4. The van der Waals surface area contributed by atoms with Gasteiger partial charge in [-0.15, -0.1) is 11.3 Å². The highest BCUT2D eigenvalue weighted by Gasteiger charge is 2.13. The third-order valence-corrected chi connectivity index (χ3v) is 5.42. The Morgan fingerprint density at radius 3 is 2.72 bits per heavy atom. The molecule has 29 heavy (non-hydrogen) atoms. The monoisotopic (exact) mass is 409 g/mol. The predicted molar refractivity (Wildman–Crippen MR) is 119 cm³/mol. The molecule has 0 aliphatic carbocycles. The lowest BCUT2D eigenvalue weighted by atomic mass is 10.1. The molecule has 0 aliphatic rings. The molecule has 0 radical (unpaired) electrons. The molecule has 1 amide bonds. The van der Waals surface area contributed by atoms with Crippen LogP contribution in [0.2, 0.25) is 0 Å². The number of amides is 1. The largest absolute Gasteiger partial charge is 0.342 e. The highest BCUT2D eigenvalue weighted by molar-refractivity contribution is 7.13. The van der Waals surface area contributed by atoms with Gasteiger partial charge < -0.3 is 16.0 Å². The zero-order valence-corrected chi connectivity index (χ0v) is 17.7. The van der Waals surface area contributed by atoms with Gasteiger partial charge in [0.05, 0.1) is 17.3 Å². The first kappa shape index (κ1) is 21.0. The van der Waals surface area contributed by atoms with E-state index < -0.39 is 0 Å². The lowest BCUT2D eigenvalue weighted by molar-refractivity contribution is 0.0793. The van der Waals surface area contributed by atoms with Crippen LogP contribution >= 0.6 is 11.3 Å². The van der Waals surface area contributed by atoms with Crippen molar-refractivity contribution in [3.8, 4) is 0 Å². The van der Waals surface area contributed by atoms with E-state index >= 15 is 0 Å². The number of hydrogen-bond donors (Lipinski definition) is 2. The number of thiazole rings is 1. The number of carbonyl (C=O) groups is 1. The summed E-state index contributed by atoms with van der Waals surface area (Å²) < 4.78 is 0. The summed E-state index contributed by atoms with van der Waals surface area (Å²) in [5.41, 5.74) is 8.93. The zero-order valence-electron chi connectivity index (χ0n) is 16.8. The molecule has 2 aromatic heterocycles. The van der Waals surface area contributed by atoms with Gasteiger partial charge in [0.2, 0.25) is 0 Å². The van der Waals surface area contributed by atoms with E-state index in [-0.39, 0.29) is 11.9 Å². The van der Waals surface area contributed by atoms with Crippen molar-refractivity contribution in [3.63, 3.8) is 0 Å². The Bertz CT molecular complexity index is 910. The van der Waals surface area contributed by atoms with Crippen LogP contribution in [0.4, 0.5) is 10.9 Å². The summed E-state index contributed by atoms with van der Waals surface area (Å²) in [5, 5.41) is 5.89. The number of pyridine rings is 1. The van der Waals surface area contributed by atoms with Gasteiger partial charge in [0.25, 0.3) is 5.91 Å². The average molecular weight is 410 g/mol. The quantitative estimate of drug-likeness (QED) is 0.547. The molecule has 152 valence electrons. The summed E-state index contributed by atoms with van der Waals surface area (Å²) in [4.78, 5) is 23.1. The second-order valence-electron chi connectivity index (χ2n) is 7.01.